The highest BCUT2D eigenvalue weighted by atomic mass is 19.4. The maximum atomic E-state index is 17.1. The first-order valence-electron chi connectivity index (χ1n) is 22.7. The lowest BCUT2D eigenvalue weighted by Gasteiger charge is -2.23. The number of nitrogens with zero attached hydrogens (tertiary/aromatic N) is 3. The standard InChI is InChI=1S/C62H40F3N3/c63-62(64,65)61-59(67-55-33-46(41-15-5-1-6-16-41)24-28-51(55)52-29-25-47(34-56(52)67)42-17-7-2-8-18-42)37-50(45-23-13-14-40(32-45)39-66)38-60(61)68-57-35-48(43-19-9-3-10-20-43)26-30-53(57)54-31-27-49(36-58(54)68)44-21-11-4-12-22-44/h1-19,21,23-38H,20,22H2. The number of hydrogen-bond acceptors (Lipinski definition) is 1. The minimum atomic E-state index is -4.86. The van der Waals surface area contributed by atoms with Crippen LogP contribution in [0.25, 0.3) is 99.5 Å². The van der Waals surface area contributed by atoms with Crippen LogP contribution in [-0.4, -0.2) is 9.13 Å². The van der Waals surface area contributed by atoms with Gasteiger partial charge in [0.15, 0.2) is 0 Å². The monoisotopic (exact) mass is 883 g/mol. The third-order valence-electron chi connectivity index (χ3n) is 13.4. The fraction of sp³-hybridized carbons (Fsp3) is 0.0484. The molecule has 12 rings (SSSR count). The molecule has 0 atom stereocenters. The molecule has 324 valence electrons. The van der Waals surface area contributed by atoms with Crippen molar-refractivity contribution in [1.82, 2.24) is 9.13 Å². The Morgan fingerprint density at radius 2 is 0.853 bits per heavy atom. The maximum Gasteiger partial charge on any atom is 0.420 e. The molecular formula is C62H40F3N3. The van der Waals surface area contributed by atoms with Crippen molar-refractivity contribution in [1.29, 1.82) is 5.26 Å². The topological polar surface area (TPSA) is 33.6 Å². The van der Waals surface area contributed by atoms with Crippen LogP contribution in [0.5, 0.6) is 0 Å². The summed E-state index contributed by atoms with van der Waals surface area (Å²) in [6.07, 6.45) is 12.9. The molecule has 8 aromatic carbocycles. The Hall–Kier alpha value is -8.66. The van der Waals surface area contributed by atoms with Crippen LogP contribution in [0.15, 0.2) is 218 Å². The van der Waals surface area contributed by atoms with Gasteiger partial charge in [-0.05, 0) is 116 Å². The molecule has 0 spiro atoms. The average molecular weight is 884 g/mol. The molecule has 2 heterocycles. The van der Waals surface area contributed by atoms with Gasteiger partial charge in [-0.2, -0.15) is 18.4 Å². The number of halogens is 3. The van der Waals surface area contributed by atoms with Crippen LogP contribution < -0.4 is 10.4 Å². The van der Waals surface area contributed by atoms with Gasteiger partial charge in [0.1, 0.15) is 5.56 Å². The van der Waals surface area contributed by atoms with Crippen LogP contribution in [0.4, 0.5) is 13.2 Å². The smallest absolute Gasteiger partial charge is 0.308 e. The van der Waals surface area contributed by atoms with Crippen LogP contribution in [0.1, 0.15) is 24.0 Å². The van der Waals surface area contributed by atoms with E-state index in [0.717, 1.165) is 65.4 Å². The molecule has 0 saturated heterocycles. The molecule has 68 heavy (non-hydrogen) atoms. The van der Waals surface area contributed by atoms with E-state index < -0.39 is 11.7 Å². The zero-order chi connectivity index (χ0) is 45.9. The first-order chi connectivity index (χ1) is 33.3. The van der Waals surface area contributed by atoms with E-state index in [9.17, 15) is 5.26 Å². The number of alkyl halides is 3. The summed E-state index contributed by atoms with van der Waals surface area (Å²) in [6.45, 7) is 0. The molecule has 2 aromatic heterocycles. The Labute approximate surface area is 390 Å². The van der Waals surface area contributed by atoms with Crippen molar-refractivity contribution in [3.63, 3.8) is 0 Å². The highest BCUT2D eigenvalue weighted by Crippen LogP contribution is 2.47. The summed E-state index contributed by atoms with van der Waals surface area (Å²) in [7, 11) is 0. The summed E-state index contributed by atoms with van der Waals surface area (Å²) < 4.78 is 54.9. The van der Waals surface area contributed by atoms with Gasteiger partial charge in [0.05, 0.1) is 45.1 Å². The largest absolute Gasteiger partial charge is 0.420 e. The fourth-order valence-electron chi connectivity index (χ4n) is 10.2. The summed E-state index contributed by atoms with van der Waals surface area (Å²) >= 11 is 0. The second-order valence-electron chi connectivity index (χ2n) is 17.4. The Balaban J connectivity index is 1.28. The summed E-state index contributed by atoms with van der Waals surface area (Å²) in [5, 5.41) is 15.3. The predicted molar refractivity (Wildman–Crippen MR) is 273 cm³/mol. The van der Waals surface area contributed by atoms with E-state index in [-0.39, 0.29) is 11.4 Å². The van der Waals surface area contributed by atoms with E-state index in [0.29, 0.717) is 51.6 Å². The van der Waals surface area contributed by atoms with Crippen molar-refractivity contribution in [2.45, 2.75) is 19.0 Å². The van der Waals surface area contributed by atoms with Crippen LogP contribution >= 0.6 is 0 Å². The number of nitriles is 1. The van der Waals surface area contributed by atoms with Crippen molar-refractivity contribution in [3.8, 4) is 50.8 Å². The number of aromatic nitrogens is 2. The van der Waals surface area contributed by atoms with Crippen LogP contribution in [-0.2, 0) is 6.18 Å². The molecular weight excluding hydrogens is 844 g/mol. The number of allylic oxidation sites excluding steroid dienone is 8. The number of benzene rings is 8. The van der Waals surface area contributed by atoms with Crippen molar-refractivity contribution in [2.24, 2.45) is 0 Å². The summed E-state index contributed by atoms with van der Waals surface area (Å²) in [5.74, 6) is 0. The van der Waals surface area contributed by atoms with Gasteiger partial charge in [-0.3, -0.25) is 0 Å². The van der Waals surface area contributed by atoms with Crippen molar-refractivity contribution in [3.05, 3.63) is 240 Å². The number of rotatable bonds is 5. The molecule has 0 N–H and O–H groups in total. The second kappa shape index (κ2) is 16.3. The van der Waals surface area contributed by atoms with Gasteiger partial charge in [-0.25, -0.2) is 0 Å². The lowest BCUT2D eigenvalue weighted by Crippen LogP contribution is -2.17. The van der Waals surface area contributed by atoms with Crippen molar-refractivity contribution < 1.29 is 13.2 Å². The fourth-order valence-corrected chi connectivity index (χ4v) is 10.2. The molecule has 3 nitrogen and oxygen atoms in total. The molecule has 0 amide bonds. The zero-order valence-corrected chi connectivity index (χ0v) is 36.7. The molecule has 0 bridgehead atoms. The van der Waals surface area contributed by atoms with E-state index in [1.54, 1.807) is 30.3 Å². The van der Waals surface area contributed by atoms with E-state index in [4.69, 9.17) is 0 Å². The molecule has 0 aliphatic heterocycles. The molecule has 0 unspecified atom stereocenters. The summed E-state index contributed by atoms with van der Waals surface area (Å²) in [6, 6.07) is 57.1. The van der Waals surface area contributed by atoms with E-state index in [2.05, 4.69) is 54.6 Å². The van der Waals surface area contributed by atoms with Gasteiger partial charge in [-0.1, -0.05) is 170 Å². The first kappa shape index (κ1) is 40.8. The second-order valence-corrected chi connectivity index (χ2v) is 17.4. The third kappa shape index (κ3) is 6.99. The van der Waals surface area contributed by atoms with Gasteiger partial charge < -0.3 is 9.13 Å². The van der Waals surface area contributed by atoms with Crippen molar-refractivity contribution in [2.75, 3.05) is 0 Å². The van der Waals surface area contributed by atoms with Crippen molar-refractivity contribution >= 4 is 54.8 Å². The maximum absolute atomic E-state index is 17.1. The molecule has 0 radical (unpaired) electrons. The third-order valence-corrected chi connectivity index (χ3v) is 13.4. The Morgan fingerprint density at radius 3 is 1.29 bits per heavy atom. The van der Waals surface area contributed by atoms with Crippen LogP contribution in [0.2, 0.25) is 0 Å². The molecule has 0 fully saturated rings. The highest BCUT2D eigenvalue weighted by molar-refractivity contribution is 6.12. The molecule has 2 aliphatic carbocycles. The summed E-state index contributed by atoms with van der Waals surface area (Å²) in [5.41, 5.74) is 9.20. The highest BCUT2D eigenvalue weighted by Gasteiger charge is 2.40. The lowest BCUT2D eigenvalue weighted by molar-refractivity contribution is -0.137. The molecule has 2 aliphatic rings. The quantitative estimate of drug-likeness (QED) is 0.170. The van der Waals surface area contributed by atoms with Gasteiger partial charge >= 0.3 is 6.18 Å². The Bertz CT molecular complexity index is 3810. The average Bonchev–Trinajstić information content (AvgIpc) is 3.90. The molecule has 10 aromatic rings. The van der Waals surface area contributed by atoms with Crippen LogP contribution in [0.3, 0.4) is 0 Å². The normalized spacial score (nSPS) is 15.3. The van der Waals surface area contributed by atoms with Gasteiger partial charge in [-0.15, -0.1) is 0 Å². The molecule has 6 heteroatoms. The van der Waals surface area contributed by atoms with E-state index >= 15 is 13.2 Å². The van der Waals surface area contributed by atoms with E-state index in [1.165, 1.54) is 0 Å². The van der Waals surface area contributed by atoms with Crippen LogP contribution in [0, 0.1) is 11.3 Å². The zero-order valence-electron chi connectivity index (χ0n) is 36.7. The first-order valence-corrected chi connectivity index (χ1v) is 22.7. The Morgan fingerprint density at radius 1 is 0.412 bits per heavy atom. The predicted octanol–water partition coefficient (Wildman–Crippen LogP) is 15.1. The van der Waals surface area contributed by atoms with Gasteiger partial charge in [0.25, 0.3) is 0 Å². The minimum absolute atomic E-state index is 0.0109. The van der Waals surface area contributed by atoms with Gasteiger partial charge in [0.2, 0.25) is 0 Å². The minimum Gasteiger partial charge on any atom is -0.308 e. The van der Waals surface area contributed by atoms with E-state index in [1.807, 2.05) is 149 Å². The van der Waals surface area contributed by atoms with Gasteiger partial charge in [0, 0.05) is 21.5 Å². The summed E-state index contributed by atoms with van der Waals surface area (Å²) in [4.78, 5) is 0. The number of hydrogen-bond donors (Lipinski definition) is 0. The Kier molecular flexibility index (Phi) is 9.81. The SMILES string of the molecule is N#Cc1cccc(-c2cc(-n3c4cc(-c5ccccc5)ccc4c4ccc(-c5ccccc5)cc43)c(C(F)(F)F)c(-n3c4cc(=C5C=CC=CC5)ccc4c4ccc(=C5C=CC=CC5)cc43)c2)c1. The number of fused-ring (bicyclic) bond motifs is 6. The molecule has 0 saturated carbocycles. The lowest BCUT2D eigenvalue weighted by atomic mass is 9.97.